The molecule has 2 nitrogen and oxygen atoms in total. The fraction of sp³-hybridized carbons (Fsp3) is 1.00. The third kappa shape index (κ3) is 2.27. The molecule has 4 aliphatic carbocycles. The quantitative estimate of drug-likeness (QED) is 0.752. The second-order valence-electron chi connectivity index (χ2n) is 10.1. The molecule has 0 aromatic carbocycles. The number of aliphatic hydroxyl groups is 2. The topological polar surface area (TPSA) is 40.5 Å². The van der Waals surface area contributed by atoms with E-state index in [9.17, 15) is 10.2 Å². The zero-order valence-corrected chi connectivity index (χ0v) is 15.3. The Morgan fingerprint density at radius 3 is 2.30 bits per heavy atom. The van der Waals surface area contributed by atoms with E-state index in [0.717, 1.165) is 36.5 Å². The van der Waals surface area contributed by atoms with Crippen LogP contribution in [0, 0.1) is 40.4 Å². The Balaban J connectivity index is 1.60. The lowest BCUT2D eigenvalue weighted by molar-refractivity contribution is -0.132. The van der Waals surface area contributed by atoms with E-state index < -0.39 is 0 Å². The molecule has 0 aliphatic heterocycles. The average Bonchev–Trinajstić information content (AvgIpc) is 2.85. The monoisotopic (exact) mass is 320 g/mol. The Morgan fingerprint density at radius 1 is 0.870 bits per heavy atom. The van der Waals surface area contributed by atoms with Gasteiger partial charge in [-0.3, -0.25) is 0 Å². The highest BCUT2D eigenvalue weighted by Crippen LogP contribution is 2.67. The molecule has 0 aromatic rings. The van der Waals surface area contributed by atoms with Crippen molar-refractivity contribution in [3.8, 4) is 0 Å². The molecule has 0 heterocycles. The van der Waals surface area contributed by atoms with Gasteiger partial charge in [-0.05, 0) is 105 Å². The fourth-order valence-corrected chi connectivity index (χ4v) is 8.07. The van der Waals surface area contributed by atoms with Gasteiger partial charge in [0.15, 0.2) is 0 Å². The molecule has 0 spiro atoms. The molecular formula is C21H36O2. The van der Waals surface area contributed by atoms with Crippen molar-refractivity contribution in [3.05, 3.63) is 0 Å². The van der Waals surface area contributed by atoms with E-state index in [4.69, 9.17) is 0 Å². The van der Waals surface area contributed by atoms with Gasteiger partial charge in [-0.25, -0.2) is 0 Å². The minimum Gasteiger partial charge on any atom is -0.393 e. The van der Waals surface area contributed by atoms with Crippen LogP contribution in [0.3, 0.4) is 0 Å². The van der Waals surface area contributed by atoms with Gasteiger partial charge in [0.25, 0.3) is 0 Å². The molecule has 9 atom stereocenters. The summed E-state index contributed by atoms with van der Waals surface area (Å²) in [4.78, 5) is 0. The van der Waals surface area contributed by atoms with Crippen molar-refractivity contribution in [2.24, 2.45) is 40.4 Å². The molecule has 23 heavy (non-hydrogen) atoms. The van der Waals surface area contributed by atoms with Gasteiger partial charge in [0.2, 0.25) is 0 Å². The zero-order chi connectivity index (χ0) is 16.4. The highest BCUT2D eigenvalue weighted by atomic mass is 16.3. The Morgan fingerprint density at radius 2 is 1.57 bits per heavy atom. The van der Waals surface area contributed by atoms with Crippen molar-refractivity contribution in [3.63, 3.8) is 0 Å². The lowest BCUT2D eigenvalue weighted by Crippen LogP contribution is -2.54. The Hall–Kier alpha value is -0.0800. The first-order chi connectivity index (χ1) is 10.9. The molecule has 2 N–H and O–H groups in total. The summed E-state index contributed by atoms with van der Waals surface area (Å²) in [6, 6.07) is 0. The van der Waals surface area contributed by atoms with Gasteiger partial charge >= 0.3 is 0 Å². The minimum atomic E-state index is -0.140. The Labute approximate surface area is 142 Å². The molecule has 0 amide bonds. The summed E-state index contributed by atoms with van der Waals surface area (Å²) in [5, 5.41) is 20.4. The summed E-state index contributed by atoms with van der Waals surface area (Å²) in [6.45, 7) is 7.08. The third-order valence-corrected chi connectivity index (χ3v) is 9.29. The minimum absolute atomic E-state index is 0.0374. The molecule has 8 unspecified atom stereocenters. The van der Waals surface area contributed by atoms with Crippen molar-refractivity contribution in [1.82, 2.24) is 0 Å². The van der Waals surface area contributed by atoms with E-state index in [2.05, 4.69) is 13.8 Å². The molecule has 4 fully saturated rings. The van der Waals surface area contributed by atoms with E-state index in [1.165, 1.54) is 44.9 Å². The highest BCUT2D eigenvalue weighted by Gasteiger charge is 2.60. The van der Waals surface area contributed by atoms with Crippen molar-refractivity contribution in [2.75, 3.05) is 0 Å². The number of aliphatic hydroxyl groups excluding tert-OH is 2. The normalized spacial score (nSPS) is 57.3. The molecule has 4 rings (SSSR count). The second-order valence-corrected chi connectivity index (χ2v) is 10.1. The maximum absolute atomic E-state index is 10.3. The van der Waals surface area contributed by atoms with Crippen LogP contribution in [0.1, 0.15) is 78.6 Å². The van der Waals surface area contributed by atoms with Crippen LogP contribution in [0.4, 0.5) is 0 Å². The molecule has 0 radical (unpaired) electrons. The van der Waals surface area contributed by atoms with Crippen LogP contribution < -0.4 is 0 Å². The SMILES string of the molecule is C[C@H](O)C1CCC2C3CCC4CC(O)CCC4(C)C3CCC21C. The van der Waals surface area contributed by atoms with Gasteiger partial charge < -0.3 is 10.2 Å². The first kappa shape index (κ1) is 16.4. The van der Waals surface area contributed by atoms with Gasteiger partial charge in [0, 0.05) is 0 Å². The molecule has 132 valence electrons. The molecule has 4 aliphatic rings. The van der Waals surface area contributed by atoms with Crippen LogP contribution in [0.15, 0.2) is 0 Å². The van der Waals surface area contributed by atoms with Crippen LogP contribution in [0.2, 0.25) is 0 Å². The summed E-state index contributed by atoms with van der Waals surface area (Å²) in [5.74, 6) is 3.87. The Kier molecular flexibility index (Phi) is 3.89. The van der Waals surface area contributed by atoms with Crippen LogP contribution in [0.5, 0.6) is 0 Å². The number of fused-ring (bicyclic) bond motifs is 5. The van der Waals surface area contributed by atoms with Crippen LogP contribution >= 0.6 is 0 Å². The maximum atomic E-state index is 10.3. The van der Waals surface area contributed by atoms with Crippen molar-refractivity contribution in [1.29, 1.82) is 0 Å². The molecule has 0 bridgehead atoms. The van der Waals surface area contributed by atoms with Crippen molar-refractivity contribution < 1.29 is 10.2 Å². The van der Waals surface area contributed by atoms with Gasteiger partial charge in [0.1, 0.15) is 0 Å². The van der Waals surface area contributed by atoms with E-state index in [0.29, 0.717) is 16.7 Å². The molecule has 0 aromatic heterocycles. The first-order valence-corrected chi connectivity index (χ1v) is 10.2. The van der Waals surface area contributed by atoms with Crippen molar-refractivity contribution in [2.45, 2.75) is 90.8 Å². The summed E-state index contributed by atoms with van der Waals surface area (Å²) >= 11 is 0. The Bertz CT molecular complexity index is 461. The molecular weight excluding hydrogens is 284 g/mol. The number of hydrogen-bond acceptors (Lipinski definition) is 2. The number of hydrogen-bond donors (Lipinski definition) is 2. The van der Waals surface area contributed by atoms with Crippen LogP contribution in [0.25, 0.3) is 0 Å². The number of rotatable bonds is 1. The maximum Gasteiger partial charge on any atom is 0.0545 e. The van der Waals surface area contributed by atoms with E-state index in [-0.39, 0.29) is 12.2 Å². The van der Waals surface area contributed by atoms with Crippen LogP contribution in [-0.4, -0.2) is 22.4 Å². The highest BCUT2D eigenvalue weighted by molar-refractivity contribution is 5.09. The lowest BCUT2D eigenvalue weighted by Gasteiger charge is -2.61. The van der Waals surface area contributed by atoms with E-state index in [1.807, 2.05) is 6.92 Å². The summed E-state index contributed by atoms with van der Waals surface area (Å²) in [6.07, 6.45) is 11.1. The van der Waals surface area contributed by atoms with Gasteiger partial charge in [-0.15, -0.1) is 0 Å². The summed E-state index contributed by atoms with van der Waals surface area (Å²) in [7, 11) is 0. The van der Waals surface area contributed by atoms with Gasteiger partial charge in [-0.2, -0.15) is 0 Å². The summed E-state index contributed by atoms with van der Waals surface area (Å²) < 4.78 is 0. The average molecular weight is 321 g/mol. The fourth-order valence-electron chi connectivity index (χ4n) is 8.07. The van der Waals surface area contributed by atoms with Gasteiger partial charge in [0.05, 0.1) is 12.2 Å². The smallest absolute Gasteiger partial charge is 0.0545 e. The summed E-state index contributed by atoms with van der Waals surface area (Å²) in [5.41, 5.74) is 0.860. The van der Waals surface area contributed by atoms with Crippen LogP contribution in [-0.2, 0) is 0 Å². The predicted molar refractivity (Wildman–Crippen MR) is 92.9 cm³/mol. The molecule has 0 saturated heterocycles. The van der Waals surface area contributed by atoms with E-state index in [1.54, 1.807) is 0 Å². The third-order valence-electron chi connectivity index (χ3n) is 9.29. The largest absolute Gasteiger partial charge is 0.393 e. The van der Waals surface area contributed by atoms with Gasteiger partial charge in [-0.1, -0.05) is 13.8 Å². The van der Waals surface area contributed by atoms with E-state index >= 15 is 0 Å². The molecule has 2 heteroatoms. The lowest BCUT2D eigenvalue weighted by atomic mass is 9.44. The molecule has 4 saturated carbocycles. The van der Waals surface area contributed by atoms with Crippen molar-refractivity contribution >= 4 is 0 Å². The first-order valence-electron chi connectivity index (χ1n) is 10.2. The second kappa shape index (κ2) is 5.46. The standard InChI is InChI=1S/C21H36O2/c1-13(22)17-6-7-18-16-5-4-14-12-15(23)8-10-20(14,2)19(16)9-11-21(17,18)3/h13-19,22-23H,4-12H2,1-3H3/t13-,14?,15?,16?,17?,18?,19?,20?,21?/m0/s1. The predicted octanol–water partition coefficient (Wildman–Crippen LogP) is 4.39. The zero-order valence-electron chi connectivity index (χ0n) is 15.3.